The third-order valence-corrected chi connectivity index (χ3v) is 3.41. The van der Waals surface area contributed by atoms with Crippen molar-refractivity contribution in [2.75, 3.05) is 13.2 Å². The summed E-state index contributed by atoms with van der Waals surface area (Å²) in [5.74, 6) is -1.24. The second-order valence-corrected chi connectivity index (χ2v) is 4.62. The van der Waals surface area contributed by atoms with Crippen LogP contribution >= 0.6 is 0 Å². The number of carbonyl (C=O) groups excluding carboxylic acids is 2. The molecule has 0 amide bonds. The standard InChI is InChI=1S/C16H22O5/c1-6-11-9(4)12(15(18)20-7-2)10(5)13(14(11)17)16(19)21-8-3/h17H,6-8H2,1-5H3. The molecule has 0 radical (unpaired) electrons. The van der Waals surface area contributed by atoms with Gasteiger partial charge in [-0.25, -0.2) is 9.59 Å². The predicted molar refractivity (Wildman–Crippen MR) is 78.9 cm³/mol. The molecule has 21 heavy (non-hydrogen) atoms. The second kappa shape index (κ2) is 7.11. The second-order valence-electron chi connectivity index (χ2n) is 4.62. The Balaban J connectivity index is 3.62. The quantitative estimate of drug-likeness (QED) is 0.845. The van der Waals surface area contributed by atoms with Crippen molar-refractivity contribution in [3.8, 4) is 5.75 Å². The lowest BCUT2D eigenvalue weighted by Gasteiger charge is -2.18. The maximum Gasteiger partial charge on any atom is 0.342 e. The Labute approximate surface area is 124 Å². The third kappa shape index (κ3) is 3.17. The first kappa shape index (κ1) is 17.0. The van der Waals surface area contributed by atoms with Gasteiger partial charge < -0.3 is 14.6 Å². The van der Waals surface area contributed by atoms with E-state index in [-0.39, 0.29) is 24.5 Å². The molecule has 0 fully saturated rings. The number of phenolic OH excluding ortho intramolecular Hbond substituents is 1. The Hall–Kier alpha value is -2.04. The first-order chi connectivity index (χ1) is 9.90. The Kier molecular flexibility index (Phi) is 5.76. The molecule has 0 aromatic heterocycles. The highest BCUT2D eigenvalue weighted by molar-refractivity contribution is 6.01. The van der Waals surface area contributed by atoms with Crippen molar-refractivity contribution in [1.29, 1.82) is 0 Å². The van der Waals surface area contributed by atoms with Crippen LogP contribution in [0.4, 0.5) is 0 Å². The van der Waals surface area contributed by atoms with Crippen LogP contribution in [-0.4, -0.2) is 30.3 Å². The van der Waals surface area contributed by atoms with Crippen molar-refractivity contribution in [2.24, 2.45) is 0 Å². The molecule has 0 aliphatic heterocycles. The van der Waals surface area contributed by atoms with Crippen LogP contribution in [-0.2, 0) is 15.9 Å². The van der Waals surface area contributed by atoms with Crippen LogP contribution in [0.25, 0.3) is 0 Å². The van der Waals surface area contributed by atoms with Crippen molar-refractivity contribution in [3.63, 3.8) is 0 Å². The van der Waals surface area contributed by atoms with Crippen LogP contribution in [0.3, 0.4) is 0 Å². The van der Waals surface area contributed by atoms with E-state index in [2.05, 4.69) is 0 Å². The molecule has 1 aromatic rings. The number of ether oxygens (including phenoxy) is 2. The fourth-order valence-electron chi connectivity index (χ4n) is 2.46. The van der Waals surface area contributed by atoms with Gasteiger partial charge in [0.2, 0.25) is 0 Å². The van der Waals surface area contributed by atoms with Gasteiger partial charge in [0.15, 0.2) is 0 Å². The van der Waals surface area contributed by atoms with Crippen molar-refractivity contribution >= 4 is 11.9 Å². The Morgan fingerprint density at radius 3 is 1.81 bits per heavy atom. The van der Waals surface area contributed by atoms with E-state index in [9.17, 15) is 14.7 Å². The summed E-state index contributed by atoms with van der Waals surface area (Å²) >= 11 is 0. The highest BCUT2D eigenvalue weighted by Gasteiger charge is 2.27. The normalized spacial score (nSPS) is 10.3. The zero-order valence-corrected chi connectivity index (χ0v) is 13.2. The predicted octanol–water partition coefficient (Wildman–Crippen LogP) is 2.92. The van der Waals surface area contributed by atoms with Crippen LogP contribution < -0.4 is 0 Å². The fourth-order valence-corrected chi connectivity index (χ4v) is 2.46. The van der Waals surface area contributed by atoms with Gasteiger partial charge in [0.25, 0.3) is 0 Å². The van der Waals surface area contributed by atoms with Gasteiger partial charge >= 0.3 is 11.9 Å². The molecule has 0 aliphatic rings. The van der Waals surface area contributed by atoms with E-state index >= 15 is 0 Å². The number of hydrogen-bond donors (Lipinski definition) is 1. The van der Waals surface area contributed by atoms with Gasteiger partial charge in [-0.2, -0.15) is 0 Å². The van der Waals surface area contributed by atoms with Gasteiger partial charge in [-0.3, -0.25) is 0 Å². The molecule has 1 rings (SSSR count). The summed E-state index contributed by atoms with van der Waals surface area (Å²) in [6.07, 6.45) is 0.497. The molecule has 0 saturated heterocycles. The summed E-state index contributed by atoms with van der Waals surface area (Å²) in [4.78, 5) is 24.2. The van der Waals surface area contributed by atoms with E-state index in [1.807, 2.05) is 6.92 Å². The van der Waals surface area contributed by atoms with Gasteiger partial charge in [0.1, 0.15) is 11.3 Å². The average molecular weight is 294 g/mol. The molecule has 116 valence electrons. The smallest absolute Gasteiger partial charge is 0.342 e. The lowest BCUT2D eigenvalue weighted by atomic mass is 9.90. The summed E-state index contributed by atoms with van der Waals surface area (Å²) in [5.41, 5.74) is 1.96. The minimum Gasteiger partial charge on any atom is -0.507 e. The molecule has 0 bridgehead atoms. The van der Waals surface area contributed by atoms with Crippen LogP contribution in [0, 0.1) is 13.8 Å². The van der Waals surface area contributed by atoms with Crippen molar-refractivity contribution in [2.45, 2.75) is 41.0 Å². The van der Waals surface area contributed by atoms with Crippen LogP contribution in [0.15, 0.2) is 0 Å². The SMILES string of the molecule is CCOC(=O)c1c(C)c(CC)c(O)c(C(=O)OCC)c1C. The first-order valence-corrected chi connectivity index (χ1v) is 7.09. The van der Waals surface area contributed by atoms with Crippen LogP contribution in [0.2, 0.25) is 0 Å². The molecule has 0 aliphatic carbocycles. The summed E-state index contributed by atoms with van der Waals surface area (Å²) in [7, 11) is 0. The highest BCUT2D eigenvalue weighted by atomic mass is 16.5. The Morgan fingerprint density at radius 2 is 1.38 bits per heavy atom. The number of carbonyl (C=O) groups is 2. The molecule has 1 N–H and O–H groups in total. The number of aromatic hydroxyl groups is 1. The lowest BCUT2D eigenvalue weighted by Crippen LogP contribution is -2.16. The summed E-state index contributed by atoms with van der Waals surface area (Å²) in [5, 5.41) is 10.3. The number of esters is 2. The van der Waals surface area contributed by atoms with E-state index in [4.69, 9.17) is 9.47 Å². The lowest BCUT2D eigenvalue weighted by molar-refractivity contribution is 0.0520. The van der Waals surface area contributed by atoms with Gasteiger partial charge in [0.05, 0.1) is 18.8 Å². The van der Waals surface area contributed by atoms with Crippen molar-refractivity contribution in [3.05, 3.63) is 27.8 Å². The van der Waals surface area contributed by atoms with Gasteiger partial charge in [0, 0.05) is 0 Å². The maximum atomic E-state index is 12.1. The minimum atomic E-state index is -0.632. The van der Waals surface area contributed by atoms with E-state index in [1.165, 1.54) is 0 Å². The molecule has 0 heterocycles. The summed E-state index contributed by atoms with van der Waals surface area (Å²) < 4.78 is 10.0. The summed E-state index contributed by atoms with van der Waals surface area (Å²) in [6.45, 7) is 9.05. The number of rotatable bonds is 5. The highest BCUT2D eigenvalue weighted by Crippen LogP contribution is 2.34. The van der Waals surface area contributed by atoms with E-state index in [1.54, 1.807) is 27.7 Å². The van der Waals surface area contributed by atoms with Gasteiger partial charge in [-0.05, 0) is 50.8 Å². The first-order valence-electron chi connectivity index (χ1n) is 7.09. The number of hydrogen-bond acceptors (Lipinski definition) is 5. The molecule has 0 atom stereocenters. The Morgan fingerprint density at radius 1 is 0.905 bits per heavy atom. The molecule has 5 heteroatoms. The monoisotopic (exact) mass is 294 g/mol. The van der Waals surface area contributed by atoms with Crippen LogP contribution in [0.1, 0.15) is 58.2 Å². The van der Waals surface area contributed by atoms with E-state index < -0.39 is 11.9 Å². The van der Waals surface area contributed by atoms with Gasteiger partial charge in [-0.15, -0.1) is 0 Å². The fraction of sp³-hybridized carbons (Fsp3) is 0.500. The zero-order chi connectivity index (χ0) is 16.2. The molecule has 0 unspecified atom stereocenters. The van der Waals surface area contributed by atoms with Crippen LogP contribution in [0.5, 0.6) is 5.75 Å². The topological polar surface area (TPSA) is 72.8 Å². The minimum absolute atomic E-state index is 0.0438. The molecule has 5 nitrogen and oxygen atoms in total. The molecule has 0 saturated carbocycles. The summed E-state index contributed by atoms with van der Waals surface area (Å²) in [6, 6.07) is 0. The average Bonchev–Trinajstić information content (AvgIpc) is 2.39. The molecule has 1 aromatic carbocycles. The number of benzene rings is 1. The van der Waals surface area contributed by atoms with Crippen molar-refractivity contribution < 1.29 is 24.2 Å². The molecular weight excluding hydrogens is 272 g/mol. The molecular formula is C16H22O5. The third-order valence-electron chi connectivity index (χ3n) is 3.41. The number of phenols is 1. The largest absolute Gasteiger partial charge is 0.507 e. The Bertz CT molecular complexity index is 515. The maximum absolute atomic E-state index is 12.1. The van der Waals surface area contributed by atoms with E-state index in [0.29, 0.717) is 28.7 Å². The zero-order valence-electron chi connectivity index (χ0n) is 13.2. The van der Waals surface area contributed by atoms with Gasteiger partial charge in [-0.1, -0.05) is 6.92 Å². The van der Waals surface area contributed by atoms with E-state index in [0.717, 1.165) is 0 Å². The van der Waals surface area contributed by atoms with Crippen molar-refractivity contribution in [1.82, 2.24) is 0 Å². The molecule has 0 spiro atoms.